The largest absolute Gasteiger partial charge is 0.492 e. The summed E-state index contributed by atoms with van der Waals surface area (Å²) in [7, 11) is 0. The van der Waals surface area contributed by atoms with Crippen molar-refractivity contribution in [3.8, 4) is 5.75 Å². The Labute approximate surface area is 227 Å². The van der Waals surface area contributed by atoms with Crippen molar-refractivity contribution < 1.29 is 14.2 Å². The van der Waals surface area contributed by atoms with Crippen molar-refractivity contribution in [3.05, 3.63) is 66.4 Å². The summed E-state index contributed by atoms with van der Waals surface area (Å²) in [5.74, 6) is 2.53. The molecular weight excluding hydrogens is 496 g/mol. The molecule has 4 aromatic rings. The van der Waals surface area contributed by atoms with Gasteiger partial charge in [-0.1, -0.05) is 36.4 Å². The van der Waals surface area contributed by atoms with E-state index in [2.05, 4.69) is 53.2 Å². The molecule has 0 radical (unpaired) electrons. The van der Waals surface area contributed by atoms with Crippen LogP contribution < -0.4 is 20.0 Å². The van der Waals surface area contributed by atoms with Gasteiger partial charge in [-0.25, -0.2) is 5.43 Å². The molecule has 0 spiro atoms. The van der Waals surface area contributed by atoms with E-state index in [1.54, 1.807) is 0 Å². The Balaban J connectivity index is 1.20. The Morgan fingerprint density at radius 3 is 2.15 bits per heavy atom. The van der Waals surface area contributed by atoms with Gasteiger partial charge >= 0.3 is 0 Å². The average Bonchev–Trinajstić information content (AvgIpc) is 3.36. The maximum Gasteiger partial charge on any atom is 0.250 e. The highest BCUT2D eigenvalue weighted by Gasteiger charge is 2.20. The summed E-state index contributed by atoms with van der Waals surface area (Å²) in [6.07, 6.45) is 3.90. The minimum Gasteiger partial charge on any atom is -0.492 e. The monoisotopic (exact) mass is 528 g/mol. The first-order valence-corrected chi connectivity index (χ1v) is 13.3. The van der Waals surface area contributed by atoms with Crippen LogP contribution in [0.3, 0.4) is 0 Å². The Hall–Kier alpha value is -4.22. The van der Waals surface area contributed by atoms with Crippen molar-refractivity contribution in [3.63, 3.8) is 0 Å². The lowest BCUT2D eigenvalue weighted by Gasteiger charge is -2.30. The highest BCUT2D eigenvalue weighted by molar-refractivity contribution is 5.99. The average molecular weight is 529 g/mol. The van der Waals surface area contributed by atoms with E-state index in [4.69, 9.17) is 19.2 Å². The zero-order valence-corrected chi connectivity index (χ0v) is 21.8. The van der Waals surface area contributed by atoms with Crippen LogP contribution in [0.1, 0.15) is 5.56 Å². The van der Waals surface area contributed by atoms with Crippen molar-refractivity contribution in [1.82, 2.24) is 19.5 Å². The van der Waals surface area contributed by atoms with E-state index in [0.29, 0.717) is 50.9 Å². The molecule has 11 heteroatoms. The quantitative estimate of drug-likeness (QED) is 0.259. The van der Waals surface area contributed by atoms with Crippen LogP contribution in [0.5, 0.6) is 5.75 Å². The van der Waals surface area contributed by atoms with E-state index in [-0.39, 0.29) is 0 Å². The molecule has 2 aromatic heterocycles. The number of hydrogen-bond acceptors (Lipinski definition) is 10. The number of para-hydroxylation sites is 2. The highest BCUT2D eigenvalue weighted by Crippen LogP contribution is 2.21. The summed E-state index contributed by atoms with van der Waals surface area (Å²) >= 11 is 0. The third-order valence-corrected chi connectivity index (χ3v) is 6.73. The van der Waals surface area contributed by atoms with Gasteiger partial charge in [0.25, 0.3) is 0 Å². The molecule has 11 nitrogen and oxygen atoms in total. The van der Waals surface area contributed by atoms with E-state index < -0.39 is 0 Å². The number of anilines is 3. The summed E-state index contributed by atoms with van der Waals surface area (Å²) in [6, 6.07) is 18.1. The van der Waals surface area contributed by atoms with Crippen LogP contribution in [0.25, 0.3) is 10.9 Å². The minimum atomic E-state index is 0.407. The number of rotatable bonds is 9. The fourth-order valence-electron chi connectivity index (χ4n) is 4.71. The zero-order valence-electron chi connectivity index (χ0n) is 21.8. The maximum absolute atomic E-state index is 5.92. The highest BCUT2D eigenvalue weighted by atomic mass is 16.5. The predicted octanol–water partition coefficient (Wildman–Crippen LogP) is 3.02. The van der Waals surface area contributed by atoms with Gasteiger partial charge in [0.2, 0.25) is 17.8 Å². The van der Waals surface area contributed by atoms with E-state index in [1.165, 1.54) is 0 Å². The molecule has 2 fully saturated rings. The smallest absolute Gasteiger partial charge is 0.250 e. The van der Waals surface area contributed by atoms with E-state index >= 15 is 0 Å². The molecule has 0 bridgehead atoms. The number of fused-ring (bicyclic) bond motifs is 1. The summed E-state index contributed by atoms with van der Waals surface area (Å²) < 4.78 is 19.1. The minimum absolute atomic E-state index is 0.407. The molecule has 2 saturated heterocycles. The number of hydrazone groups is 1. The van der Waals surface area contributed by atoms with Gasteiger partial charge in [-0.15, -0.1) is 0 Å². The van der Waals surface area contributed by atoms with Crippen LogP contribution in [-0.4, -0.2) is 84.9 Å². The molecule has 6 rings (SSSR count). The second-order valence-corrected chi connectivity index (χ2v) is 9.28. The number of nitrogens with one attached hydrogen (secondary N) is 1. The maximum atomic E-state index is 5.92. The van der Waals surface area contributed by atoms with Crippen molar-refractivity contribution >= 4 is 35.0 Å². The molecule has 0 unspecified atom stereocenters. The number of morpholine rings is 2. The Bertz CT molecular complexity index is 1360. The molecule has 2 aromatic carbocycles. The van der Waals surface area contributed by atoms with Gasteiger partial charge in [-0.2, -0.15) is 20.1 Å². The first kappa shape index (κ1) is 25.1. The van der Waals surface area contributed by atoms with Gasteiger partial charge < -0.3 is 28.6 Å². The Morgan fingerprint density at radius 2 is 1.46 bits per heavy atom. The third kappa shape index (κ3) is 6.10. The Kier molecular flexibility index (Phi) is 7.78. The van der Waals surface area contributed by atoms with Crippen LogP contribution in [0, 0.1) is 0 Å². The van der Waals surface area contributed by atoms with Gasteiger partial charge in [-0.05, 0) is 18.2 Å². The van der Waals surface area contributed by atoms with E-state index in [1.807, 2.05) is 48.7 Å². The molecule has 39 heavy (non-hydrogen) atoms. The summed E-state index contributed by atoms with van der Waals surface area (Å²) in [6.45, 7) is 6.85. The lowest BCUT2D eigenvalue weighted by molar-refractivity contribution is 0.121. The summed E-state index contributed by atoms with van der Waals surface area (Å²) in [5, 5.41) is 5.63. The van der Waals surface area contributed by atoms with Crippen LogP contribution in [-0.2, 0) is 16.0 Å². The topological polar surface area (TPSA) is 102 Å². The molecule has 4 heterocycles. The van der Waals surface area contributed by atoms with Crippen molar-refractivity contribution in [2.45, 2.75) is 6.54 Å². The molecular formula is C28H32N8O3. The predicted molar refractivity (Wildman–Crippen MR) is 151 cm³/mol. The summed E-state index contributed by atoms with van der Waals surface area (Å²) in [5.41, 5.74) is 5.17. The van der Waals surface area contributed by atoms with Crippen LogP contribution >= 0.6 is 0 Å². The molecule has 2 aliphatic rings. The zero-order chi connectivity index (χ0) is 26.3. The number of hydrogen-bond donors (Lipinski definition) is 1. The van der Waals surface area contributed by atoms with E-state index in [9.17, 15) is 0 Å². The lowest BCUT2D eigenvalue weighted by atomic mass is 10.2. The van der Waals surface area contributed by atoms with E-state index in [0.717, 1.165) is 54.9 Å². The van der Waals surface area contributed by atoms with Crippen molar-refractivity contribution in [2.75, 3.05) is 74.4 Å². The number of nitrogens with zero attached hydrogens (tertiary/aromatic N) is 7. The Morgan fingerprint density at radius 1 is 0.821 bits per heavy atom. The van der Waals surface area contributed by atoms with Crippen molar-refractivity contribution in [2.24, 2.45) is 5.10 Å². The molecule has 0 amide bonds. The van der Waals surface area contributed by atoms with Gasteiger partial charge in [0.15, 0.2) is 0 Å². The third-order valence-electron chi connectivity index (χ3n) is 6.73. The molecule has 1 N–H and O–H groups in total. The van der Waals surface area contributed by atoms with Crippen molar-refractivity contribution in [1.29, 1.82) is 0 Å². The standard InChI is InChI=1S/C28H32N8O3/c1-2-6-23(7-3-1)39-19-14-36-21-22(24-8-4-5-9-25(24)36)20-29-33-26-30-27(34-10-15-37-16-11-34)32-28(31-26)35-12-17-38-18-13-35/h1-9,20-21H,10-19H2,(H,30,31,32,33)/b29-20+. The number of ether oxygens (including phenoxy) is 3. The molecule has 202 valence electrons. The number of aromatic nitrogens is 4. The van der Waals surface area contributed by atoms with Crippen LogP contribution in [0.4, 0.5) is 17.8 Å². The first-order valence-electron chi connectivity index (χ1n) is 13.3. The first-order chi connectivity index (χ1) is 19.3. The number of benzene rings is 2. The molecule has 0 atom stereocenters. The van der Waals surface area contributed by atoms with Gasteiger partial charge in [0, 0.05) is 48.8 Å². The second kappa shape index (κ2) is 12.1. The fraction of sp³-hybridized carbons (Fsp3) is 0.357. The van der Waals surface area contributed by atoms with Gasteiger partial charge in [0.05, 0.1) is 39.2 Å². The van der Waals surface area contributed by atoms with Gasteiger partial charge in [0.1, 0.15) is 12.4 Å². The van der Waals surface area contributed by atoms with Gasteiger partial charge in [-0.3, -0.25) is 0 Å². The lowest BCUT2D eigenvalue weighted by Crippen LogP contribution is -2.40. The normalized spacial score (nSPS) is 16.2. The van der Waals surface area contributed by atoms with Crippen LogP contribution in [0.2, 0.25) is 0 Å². The second-order valence-electron chi connectivity index (χ2n) is 9.28. The molecule has 0 saturated carbocycles. The van der Waals surface area contributed by atoms with Crippen LogP contribution in [0.15, 0.2) is 65.9 Å². The fourth-order valence-corrected chi connectivity index (χ4v) is 4.71. The SMILES string of the molecule is C(=N\Nc1nc(N2CCOCC2)nc(N2CCOCC2)n1)/c1cn(CCOc2ccccc2)c2ccccc12. The molecule has 0 aliphatic carbocycles. The summed E-state index contributed by atoms with van der Waals surface area (Å²) in [4.78, 5) is 18.3. The molecule has 2 aliphatic heterocycles.